The highest BCUT2D eigenvalue weighted by atomic mass is 15.5. The number of nitrogens with zero attached hydrogens (tertiary/aromatic N) is 4. The first-order valence-corrected chi connectivity index (χ1v) is 6.79. The number of rotatable bonds is 5. The van der Waals surface area contributed by atoms with Crippen LogP contribution in [-0.4, -0.2) is 38.8 Å². The lowest BCUT2D eigenvalue weighted by Gasteiger charge is -2.20. The fourth-order valence-corrected chi connectivity index (χ4v) is 1.88. The lowest BCUT2D eigenvalue weighted by atomic mass is 10.1. The Bertz CT molecular complexity index is 541. The van der Waals surface area contributed by atoms with Crippen molar-refractivity contribution >= 4 is 5.69 Å². The molecule has 0 fully saturated rings. The van der Waals surface area contributed by atoms with Crippen molar-refractivity contribution in [3.05, 3.63) is 30.1 Å². The van der Waals surface area contributed by atoms with Crippen LogP contribution in [0.2, 0.25) is 0 Å². The van der Waals surface area contributed by atoms with E-state index in [0.29, 0.717) is 0 Å². The summed E-state index contributed by atoms with van der Waals surface area (Å²) in [5, 5.41) is 18.1. The number of tetrazole rings is 1. The summed E-state index contributed by atoms with van der Waals surface area (Å²) in [4.78, 5) is 0. The first-order valence-electron chi connectivity index (χ1n) is 6.79. The molecular weight excluding hydrogens is 252 g/mol. The molecule has 0 spiro atoms. The maximum absolute atomic E-state index is 3.93. The molecule has 0 atom stereocenters. The Hall–Kier alpha value is -1.95. The van der Waals surface area contributed by atoms with Gasteiger partial charge in [0.05, 0.1) is 5.69 Å². The van der Waals surface area contributed by atoms with Crippen LogP contribution in [0, 0.1) is 6.92 Å². The predicted octanol–water partition coefficient (Wildman–Crippen LogP) is 1.77. The van der Waals surface area contributed by atoms with Crippen LogP contribution in [0.15, 0.2) is 24.5 Å². The highest BCUT2D eigenvalue weighted by Crippen LogP contribution is 2.17. The molecule has 2 rings (SSSR count). The quantitative estimate of drug-likeness (QED) is 0.813. The number of nitrogens with one attached hydrogen (secondary N) is 2. The van der Waals surface area contributed by atoms with Gasteiger partial charge in [-0.05, 0) is 55.8 Å². The monoisotopic (exact) mass is 274 g/mol. The lowest BCUT2D eigenvalue weighted by molar-refractivity contribution is 0.435. The summed E-state index contributed by atoms with van der Waals surface area (Å²) in [6.07, 6.45) is 1.60. The molecule has 0 bridgehead atoms. The molecule has 6 nitrogen and oxygen atoms in total. The molecule has 0 saturated carbocycles. The number of anilines is 1. The first-order chi connectivity index (χ1) is 9.46. The summed E-state index contributed by atoms with van der Waals surface area (Å²) in [5.74, 6) is 0. The van der Waals surface area contributed by atoms with Crippen LogP contribution in [0.3, 0.4) is 0 Å². The highest BCUT2D eigenvalue weighted by molar-refractivity contribution is 5.54. The van der Waals surface area contributed by atoms with E-state index in [1.54, 1.807) is 11.0 Å². The Morgan fingerprint density at radius 3 is 2.65 bits per heavy atom. The lowest BCUT2D eigenvalue weighted by Crippen LogP contribution is -2.38. The molecule has 1 heterocycles. The van der Waals surface area contributed by atoms with E-state index in [-0.39, 0.29) is 5.54 Å². The molecule has 6 heteroatoms. The highest BCUT2D eigenvalue weighted by Gasteiger charge is 2.07. The molecule has 2 aromatic rings. The van der Waals surface area contributed by atoms with Gasteiger partial charge in [0, 0.05) is 24.3 Å². The Morgan fingerprint density at radius 1 is 1.20 bits per heavy atom. The molecule has 0 radical (unpaired) electrons. The van der Waals surface area contributed by atoms with Crippen molar-refractivity contribution in [1.82, 2.24) is 25.5 Å². The van der Waals surface area contributed by atoms with Gasteiger partial charge in [-0.2, -0.15) is 0 Å². The predicted molar refractivity (Wildman–Crippen MR) is 80.1 cm³/mol. The molecule has 0 aliphatic heterocycles. The molecule has 0 aliphatic rings. The van der Waals surface area contributed by atoms with Crippen molar-refractivity contribution in [2.24, 2.45) is 0 Å². The van der Waals surface area contributed by atoms with E-state index in [1.165, 1.54) is 0 Å². The van der Waals surface area contributed by atoms with Gasteiger partial charge in [-0.1, -0.05) is 6.07 Å². The zero-order valence-electron chi connectivity index (χ0n) is 12.5. The van der Waals surface area contributed by atoms with Crippen molar-refractivity contribution in [1.29, 1.82) is 0 Å². The summed E-state index contributed by atoms with van der Waals surface area (Å²) in [6.45, 7) is 10.3. The molecule has 20 heavy (non-hydrogen) atoms. The minimum absolute atomic E-state index is 0.145. The Morgan fingerprint density at radius 2 is 2.00 bits per heavy atom. The summed E-state index contributed by atoms with van der Waals surface area (Å²) >= 11 is 0. The van der Waals surface area contributed by atoms with E-state index in [1.807, 2.05) is 6.92 Å². The Balaban J connectivity index is 1.98. The van der Waals surface area contributed by atoms with Crippen LogP contribution >= 0.6 is 0 Å². The molecule has 108 valence electrons. The van der Waals surface area contributed by atoms with Crippen LogP contribution in [0.1, 0.15) is 26.3 Å². The van der Waals surface area contributed by atoms with Gasteiger partial charge in [0.25, 0.3) is 0 Å². The minimum atomic E-state index is 0.145. The SMILES string of the molecule is Cc1ccc(NCCNC(C)(C)C)cc1-n1cnnn1. The second-order valence-electron chi connectivity index (χ2n) is 5.86. The number of aryl methyl sites for hydroxylation is 1. The molecular formula is C14H22N6. The van der Waals surface area contributed by atoms with Gasteiger partial charge < -0.3 is 10.6 Å². The van der Waals surface area contributed by atoms with Gasteiger partial charge in [-0.3, -0.25) is 0 Å². The number of hydrogen-bond acceptors (Lipinski definition) is 5. The Labute approximate surface area is 119 Å². The second-order valence-corrected chi connectivity index (χ2v) is 5.86. The van der Waals surface area contributed by atoms with Crippen molar-refractivity contribution in [3.63, 3.8) is 0 Å². The smallest absolute Gasteiger partial charge is 0.143 e. The van der Waals surface area contributed by atoms with Gasteiger partial charge in [0.15, 0.2) is 0 Å². The largest absolute Gasteiger partial charge is 0.384 e. The fourth-order valence-electron chi connectivity index (χ4n) is 1.88. The van der Waals surface area contributed by atoms with Crippen molar-refractivity contribution < 1.29 is 0 Å². The summed E-state index contributed by atoms with van der Waals surface area (Å²) in [7, 11) is 0. The number of benzene rings is 1. The van der Waals surface area contributed by atoms with Crippen LogP contribution in [0.5, 0.6) is 0 Å². The van der Waals surface area contributed by atoms with Crippen LogP contribution < -0.4 is 10.6 Å². The maximum Gasteiger partial charge on any atom is 0.143 e. The summed E-state index contributed by atoms with van der Waals surface area (Å²) in [6, 6.07) is 6.19. The maximum atomic E-state index is 3.93. The Kier molecular flexibility index (Phi) is 4.34. The van der Waals surface area contributed by atoms with Crippen LogP contribution in [0.25, 0.3) is 5.69 Å². The van der Waals surface area contributed by atoms with E-state index in [0.717, 1.165) is 30.0 Å². The van der Waals surface area contributed by atoms with Crippen molar-refractivity contribution in [3.8, 4) is 5.69 Å². The zero-order chi connectivity index (χ0) is 14.6. The fraction of sp³-hybridized carbons (Fsp3) is 0.500. The normalized spacial score (nSPS) is 11.6. The topological polar surface area (TPSA) is 67.7 Å². The van der Waals surface area contributed by atoms with Crippen molar-refractivity contribution in [2.75, 3.05) is 18.4 Å². The second kappa shape index (κ2) is 6.00. The molecule has 0 aliphatic carbocycles. The number of hydrogen-bond donors (Lipinski definition) is 2. The molecule has 0 amide bonds. The van der Waals surface area contributed by atoms with E-state index in [9.17, 15) is 0 Å². The van der Waals surface area contributed by atoms with Gasteiger partial charge in [-0.15, -0.1) is 5.10 Å². The van der Waals surface area contributed by atoms with Crippen LogP contribution in [0.4, 0.5) is 5.69 Å². The molecule has 0 unspecified atom stereocenters. The number of aromatic nitrogens is 4. The summed E-state index contributed by atoms with van der Waals surface area (Å²) < 4.78 is 1.67. The molecule has 2 N–H and O–H groups in total. The average molecular weight is 274 g/mol. The van der Waals surface area contributed by atoms with Gasteiger partial charge in [0.2, 0.25) is 0 Å². The van der Waals surface area contributed by atoms with Crippen molar-refractivity contribution in [2.45, 2.75) is 33.2 Å². The minimum Gasteiger partial charge on any atom is -0.384 e. The zero-order valence-corrected chi connectivity index (χ0v) is 12.5. The van der Waals surface area contributed by atoms with Gasteiger partial charge >= 0.3 is 0 Å². The first kappa shape index (κ1) is 14.5. The average Bonchev–Trinajstić information content (AvgIpc) is 2.89. The van der Waals surface area contributed by atoms with E-state index in [4.69, 9.17) is 0 Å². The molecule has 1 aromatic carbocycles. The third kappa shape index (κ3) is 4.03. The third-order valence-electron chi connectivity index (χ3n) is 2.91. The standard InChI is InChI=1S/C14H22N6/c1-11-5-6-12(15-7-8-16-14(2,3)4)9-13(11)20-10-17-18-19-20/h5-6,9-10,15-16H,7-8H2,1-4H3. The van der Waals surface area contributed by atoms with E-state index >= 15 is 0 Å². The van der Waals surface area contributed by atoms with E-state index < -0.39 is 0 Å². The van der Waals surface area contributed by atoms with Crippen LogP contribution in [-0.2, 0) is 0 Å². The molecule has 1 aromatic heterocycles. The van der Waals surface area contributed by atoms with E-state index in [2.05, 4.69) is 65.1 Å². The molecule has 0 saturated heterocycles. The van der Waals surface area contributed by atoms with Gasteiger partial charge in [0.1, 0.15) is 6.33 Å². The third-order valence-corrected chi connectivity index (χ3v) is 2.91. The summed E-state index contributed by atoms with van der Waals surface area (Å²) in [5.41, 5.74) is 3.34. The van der Waals surface area contributed by atoms with Gasteiger partial charge in [-0.25, -0.2) is 4.68 Å².